The Labute approximate surface area is 134 Å². The van der Waals surface area contributed by atoms with Gasteiger partial charge in [0.2, 0.25) is 0 Å². The second kappa shape index (κ2) is 12.4. The minimum Gasteiger partial charge on any atom is -0.491 e. The Morgan fingerprint density at radius 1 is 1.00 bits per heavy atom. The standard InChI is InChI=1S/C16H26O.H2O4S/c1-3-4-5-6-7-9-12-15(2)17-16-13-10-8-11-14-16;1-5(2,3)4/h8,10-11,13-15H,3-7,9,12H2,1-2H3;(H2,1,2,3,4). The minimum atomic E-state index is -4.67. The fourth-order valence-corrected chi connectivity index (χ4v) is 2.00. The molecule has 0 saturated carbocycles. The van der Waals surface area contributed by atoms with Crippen molar-refractivity contribution in [2.75, 3.05) is 0 Å². The lowest BCUT2D eigenvalue weighted by molar-refractivity contribution is 0.206. The van der Waals surface area contributed by atoms with Crippen molar-refractivity contribution in [2.24, 2.45) is 0 Å². The van der Waals surface area contributed by atoms with Gasteiger partial charge in [0.15, 0.2) is 0 Å². The fourth-order valence-electron chi connectivity index (χ4n) is 2.00. The van der Waals surface area contributed by atoms with E-state index < -0.39 is 10.4 Å². The average molecular weight is 332 g/mol. The molecule has 0 aliphatic heterocycles. The number of hydrogen-bond donors (Lipinski definition) is 2. The van der Waals surface area contributed by atoms with Gasteiger partial charge < -0.3 is 4.74 Å². The number of para-hydroxylation sites is 1. The smallest absolute Gasteiger partial charge is 0.394 e. The molecule has 0 aliphatic carbocycles. The first kappa shape index (κ1) is 20.9. The lowest BCUT2D eigenvalue weighted by Crippen LogP contribution is -2.11. The molecule has 22 heavy (non-hydrogen) atoms. The van der Waals surface area contributed by atoms with Crippen molar-refractivity contribution in [1.82, 2.24) is 0 Å². The van der Waals surface area contributed by atoms with Gasteiger partial charge in [-0.15, -0.1) is 0 Å². The maximum absolute atomic E-state index is 8.74. The number of ether oxygens (including phenoxy) is 1. The molecule has 128 valence electrons. The van der Waals surface area contributed by atoms with Crippen molar-refractivity contribution in [3.63, 3.8) is 0 Å². The van der Waals surface area contributed by atoms with E-state index in [4.69, 9.17) is 22.3 Å². The van der Waals surface area contributed by atoms with Gasteiger partial charge in [-0.05, 0) is 31.9 Å². The van der Waals surface area contributed by atoms with Gasteiger partial charge >= 0.3 is 10.4 Å². The third-order valence-corrected chi connectivity index (χ3v) is 3.04. The zero-order valence-electron chi connectivity index (χ0n) is 13.4. The van der Waals surface area contributed by atoms with E-state index >= 15 is 0 Å². The zero-order valence-corrected chi connectivity index (χ0v) is 14.3. The van der Waals surface area contributed by atoms with E-state index in [9.17, 15) is 0 Å². The molecule has 0 heterocycles. The Kier molecular flexibility index (Phi) is 11.8. The Hall–Kier alpha value is -1.11. The van der Waals surface area contributed by atoms with E-state index in [0.717, 1.165) is 5.75 Å². The van der Waals surface area contributed by atoms with Crippen LogP contribution in [0.4, 0.5) is 0 Å². The van der Waals surface area contributed by atoms with E-state index in [1.54, 1.807) is 0 Å². The summed E-state index contributed by atoms with van der Waals surface area (Å²) >= 11 is 0. The topological polar surface area (TPSA) is 83.8 Å². The van der Waals surface area contributed by atoms with Crippen molar-refractivity contribution in [3.05, 3.63) is 30.3 Å². The van der Waals surface area contributed by atoms with Gasteiger partial charge in [0.25, 0.3) is 0 Å². The van der Waals surface area contributed by atoms with Crippen molar-refractivity contribution in [3.8, 4) is 5.75 Å². The summed E-state index contributed by atoms with van der Waals surface area (Å²) in [5.74, 6) is 0.992. The highest BCUT2D eigenvalue weighted by Crippen LogP contribution is 2.15. The molecule has 1 aromatic carbocycles. The Bertz CT molecular complexity index is 451. The van der Waals surface area contributed by atoms with Crippen LogP contribution in [0, 0.1) is 0 Å². The van der Waals surface area contributed by atoms with Crippen molar-refractivity contribution < 1.29 is 22.3 Å². The molecule has 0 aromatic heterocycles. The van der Waals surface area contributed by atoms with E-state index in [-0.39, 0.29) is 0 Å². The molecule has 1 atom stereocenters. The summed E-state index contributed by atoms with van der Waals surface area (Å²) in [5, 5.41) is 0. The summed E-state index contributed by atoms with van der Waals surface area (Å²) in [5.41, 5.74) is 0. The molecule has 0 radical (unpaired) electrons. The largest absolute Gasteiger partial charge is 0.491 e. The van der Waals surface area contributed by atoms with Gasteiger partial charge in [-0.3, -0.25) is 9.11 Å². The molecule has 0 spiro atoms. The molecule has 6 heteroatoms. The normalized spacial score (nSPS) is 12.2. The second-order valence-corrected chi connectivity index (χ2v) is 6.14. The van der Waals surface area contributed by atoms with Gasteiger partial charge in [0, 0.05) is 0 Å². The molecule has 2 N–H and O–H groups in total. The second-order valence-electron chi connectivity index (χ2n) is 5.25. The first-order chi connectivity index (χ1) is 10.3. The predicted molar refractivity (Wildman–Crippen MR) is 88.7 cm³/mol. The molecule has 0 fully saturated rings. The Balaban J connectivity index is 0.000000763. The maximum Gasteiger partial charge on any atom is 0.394 e. The molecule has 0 aliphatic rings. The molecule has 5 nitrogen and oxygen atoms in total. The molecule has 0 amide bonds. The molecule has 0 saturated heterocycles. The monoisotopic (exact) mass is 332 g/mol. The van der Waals surface area contributed by atoms with Crippen LogP contribution in [0.1, 0.15) is 58.8 Å². The number of hydrogen-bond acceptors (Lipinski definition) is 3. The Morgan fingerprint density at radius 3 is 2.05 bits per heavy atom. The lowest BCUT2D eigenvalue weighted by atomic mass is 10.1. The fraction of sp³-hybridized carbons (Fsp3) is 0.625. The van der Waals surface area contributed by atoms with E-state index in [1.165, 1.54) is 44.9 Å². The van der Waals surface area contributed by atoms with E-state index in [0.29, 0.717) is 6.10 Å². The summed E-state index contributed by atoms with van der Waals surface area (Å²) in [6.07, 6.45) is 9.63. The van der Waals surface area contributed by atoms with Gasteiger partial charge in [-0.2, -0.15) is 8.42 Å². The zero-order chi connectivity index (χ0) is 16.8. The molecule has 1 aromatic rings. The number of unbranched alkanes of at least 4 members (excludes halogenated alkanes) is 5. The van der Waals surface area contributed by atoms with Gasteiger partial charge in [0.05, 0.1) is 6.10 Å². The van der Waals surface area contributed by atoms with Crippen LogP contribution in [0.3, 0.4) is 0 Å². The minimum absolute atomic E-state index is 0.337. The number of benzene rings is 1. The lowest BCUT2D eigenvalue weighted by Gasteiger charge is -2.14. The summed E-state index contributed by atoms with van der Waals surface area (Å²) < 4.78 is 37.4. The number of rotatable bonds is 9. The van der Waals surface area contributed by atoms with Gasteiger partial charge in [-0.1, -0.05) is 57.2 Å². The third kappa shape index (κ3) is 16.9. The van der Waals surface area contributed by atoms with E-state index in [2.05, 4.69) is 13.8 Å². The highest BCUT2D eigenvalue weighted by molar-refractivity contribution is 7.79. The van der Waals surface area contributed by atoms with Crippen molar-refractivity contribution in [1.29, 1.82) is 0 Å². The molecule has 0 bridgehead atoms. The first-order valence-corrected chi connectivity index (χ1v) is 9.14. The average Bonchev–Trinajstić information content (AvgIpc) is 2.42. The molecule has 1 unspecified atom stereocenters. The Morgan fingerprint density at radius 2 is 1.50 bits per heavy atom. The highest BCUT2D eigenvalue weighted by Gasteiger charge is 2.03. The quantitative estimate of drug-likeness (QED) is 0.512. The summed E-state index contributed by atoms with van der Waals surface area (Å²) in [7, 11) is -4.67. The van der Waals surface area contributed by atoms with Crippen LogP contribution < -0.4 is 4.74 Å². The molecule has 1 rings (SSSR count). The molecular weight excluding hydrogens is 304 g/mol. The van der Waals surface area contributed by atoms with Crippen LogP contribution in [0.15, 0.2) is 30.3 Å². The van der Waals surface area contributed by atoms with Crippen LogP contribution in [0.5, 0.6) is 5.75 Å². The van der Waals surface area contributed by atoms with Crippen LogP contribution >= 0.6 is 0 Å². The van der Waals surface area contributed by atoms with Crippen LogP contribution in [-0.4, -0.2) is 23.6 Å². The van der Waals surface area contributed by atoms with Crippen LogP contribution in [-0.2, 0) is 10.4 Å². The highest BCUT2D eigenvalue weighted by atomic mass is 32.3. The predicted octanol–water partition coefficient (Wildman–Crippen LogP) is 4.55. The van der Waals surface area contributed by atoms with E-state index in [1.807, 2.05) is 30.3 Å². The molecular formula is C16H28O5S. The summed E-state index contributed by atoms with van der Waals surface area (Å²) in [6, 6.07) is 10.1. The summed E-state index contributed by atoms with van der Waals surface area (Å²) in [4.78, 5) is 0. The van der Waals surface area contributed by atoms with Crippen molar-refractivity contribution >= 4 is 10.4 Å². The summed E-state index contributed by atoms with van der Waals surface area (Å²) in [6.45, 7) is 4.43. The SMILES string of the molecule is CCCCCCCCC(C)Oc1ccccc1.O=S(=O)(O)O. The van der Waals surface area contributed by atoms with Gasteiger partial charge in [-0.25, -0.2) is 0 Å². The maximum atomic E-state index is 8.74. The van der Waals surface area contributed by atoms with Gasteiger partial charge in [0.1, 0.15) is 5.75 Å². The van der Waals surface area contributed by atoms with Crippen LogP contribution in [0.25, 0.3) is 0 Å². The first-order valence-electron chi connectivity index (χ1n) is 7.74. The van der Waals surface area contributed by atoms with Crippen molar-refractivity contribution in [2.45, 2.75) is 64.9 Å². The third-order valence-electron chi connectivity index (χ3n) is 3.04. The van der Waals surface area contributed by atoms with Crippen LogP contribution in [0.2, 0.25) is 0 Å².